The first-order valence-corrected chi connectivity index (χ1v) is 18.4. The van der Waals surface area contributed by atoms with E-state index in [9.17, 15) is 28.8 Å². The molecule has 12 heteroatoms. The van der Waals surface area contributed by atoms with Crippen molar-refractivity contribution in [3.8, 4) is 0 Å². The Morgan fingerprint density at radius 1 is 0.540 bits per heavy atom. The van der Waals surface area contributed by atoms with E-state index in [0.29, 0.717) is 24.7 Å². The molecule has 0 aromatic carbocycles. The summed E-state index contributed by atoms with van der Waals surface area (Å²) in [5.74, 6) is -1.06. The second-order valence-corrected chi connectivity index (χ2v) is 16.4. The van der Waals surface area contributed by atoms with Crippen molar-refractivity contribution in [2.45, 2.75) is 144 Å². The molecule has 0 aromatic heterocycles. The van der Waals surface area contributed by atoms with Crippen LogP contribution in [0.4, 0.5) is 0 Å². The highest BCUT2D eigenvalue weighted by Gasteiger charge is 2.57. The van der Waals surface area contributed by atoms with Gasteiger partial charge in [0, 0.05) is 0 Å². The lowest BCUT2D eigenvalue weighted by Crippen LogP contribution is -2.58. The summed E-state index contributed by atoms with van der Waals surface area (Å²) in [4.78, 5) is 70.9. The minimum Gasteiger partial charge on any atom is -0.457 e. The van der Waals surface area contributed by atoms with Gasteiger partial charge in [-0.1, -0.05) is 20.3 Å². The van der Waals surface area contributed by atoms with Crippen LogP contribution in [0.3, 0.4) is 0 Å². The van der Waals surface area contributed by atoms with Crippen LogP contribution in [0.1, 0.15) is 132 Å². The van der Waals surface area contributed by atoms with Crippen molar-refractivity contribution >= 4 is 35.8 Å². The first-order valence-electron chi connectivity index (χ1n) is 18.4. The molecule has 0 radical (unpaired) electrons. The van der Waals surface area contributed by atoms with E-state index in [1.54, 1.807) is 27.7 Å². The van der Waals surface area contributed by atoms with Crippen LogP contribution in [-0.4, -0.2) is 73.4 Å². The third-order valence-corrected chi connectivity index (χ3v) is 11.6. The normalized spacial score (nSPS) is 26.4. The Morgan fingerprint density at radius 2 is 0.920 bits per heavy atom. The summed E-state index contributed by atoms with van der Waals surface area (Å²) < 4.78 is 30.9. The van der Waals surface area contributed by atoms with E-state index in [0.717, 1.165) is 69.6 Å². The molecule has 284 valence electrons. The maximum absolute atomic E-state index is 12.3. The Hall–Kier alpha value is -3.18. The molecule has 0 spiro atoms. The summed E-state index contributed by atoms with van der Waals surface area (Å²) in [6, 6.07) is 0. The molecule has 5 rings (SSSR count). The molecule has 0 aromatic rings. The largest absolute Gasteiger partial charge is 0.457 e. The smallest absolute Gasteiger partial charge is 0.344 e. The topological polar surface area (TPSA) is 158 Å². The third-order valence-electron chi connectivity index (χ3n) is 11.6. The molecule has 0 unspecified atom stereocenters. The van der Waals surface area contributed by atoms with E-state index in [4.69, 9.17) is 28.4 Å². The fourth-order valence-electron chi connectivity index (χ4n) is 7.56. The maximum Gasteiger partial charge on any atom is 0.344 e. The van der Waals surface area contributed by atoms with Gasteiger partial charge in [-0.05, 0) is 136 Å². The molecule has 12 nitrogen and oxygen atoms in total. The lowest BCUT2D eigenvalue weighted by Gasteiger charge is -2.59. The van der Waals surface area contributed by atoms with Crippen LogP contribution in [0.2, 0.25) is 0 Å². The van der Waals surface area contributed by atoms with E-state index >= 15 is 0 Å². The van der Waals surface area contributed by atoms with E-state index in [1.165, 1.54) is 6.42 Å². The number of rotatable bonds is 14. The fraction of sp³-hybridized carbons (Fsp3) is 0.842. The predicted octanol–water partition coefficient (Wildman–Crippen LogP) is 6.04. The van der Waals surface area contributed by atoms with Crippen molar-refractivity contribution in [2.75, 3.05) is 26.4 Å². The van der Waals surface area contributed by atoms with Gasteiger partial charge in [-0.2, -0.15) is 0 Å². The van der Waals surface area contributed by atoms with Gasteiger partial charge < -0.3 is 28.4 Å². The summed E-state index contributed by atoms with van der Waals surface area (Å²) in [5.41, 5.74) is -2.18. The van der Waals surface area contributed by atoms with Gasteiger partial charge in [0.15, 0.2) is 26.4 Å². The minimum atomic E-state index is -0.754. The molecule has 0 atom stereocenters. The second-order valence-electron chi connectivity index (χ2n) is 16.4. The minimum absolute atomic E-state index is 0.422. The first kappa shape index (κ1) is 41.2. The molecule has 0 aliphatic heterocycles. The van der Waals surface area contributed by atoms with E-state index in [-0.39, 0.29) is 0 Å². The van der Waals surface area contributed by atoms with Gasteiger partial charge in [-0.3, -0.25) is 9.59 Å². The molecular weight excluding hydrogens is 648 g/mol. The highest BCUT2D eigenvalue weighted by Crippen LogP contribution is 2.59. The molecule has 50 heavy (non-hydrogen) atoms. The molecule has 0 saturated heterocycles. The van der Waals surface area contributed by atoms with Crippen LogP contribution in [-0.2, 0) is 57.2 Å². The summed E-state index contributed by atoms with van der Waals surface area (Å²) in [7, 11) is 0. The lowest BCUT2D eigenvalue weighted by atomic mass is 9.50. The second kappa shape index (κ2) is 17.4. The van der Waals surface area contributed by atoms with E-state index in [2.05, 4.69) is 6.92 Å². The zero-order valence-electron chi connectivity index (χ0n) is 31.5. The average Bonchev–Trinajstić information content (AvgIpc) is 3.06. The van der Waals surface area contributed by atoms with Gasteiger partial charge in [0.2, 0.25) is 0 Å². The van der Waals surface area contributed by atoms with E-state index < -0.39 is 84.3 Å². The summed E-state index contributed by atoms with van der Waals surface area (Å²) in [6.45, 7) is 12.8. The standard InChI is InChI=1S/C21H32O6.C17H28O6/c1-5-20(2,3)19(24)26-11-17(22)25-12-18(23)27-21(4)15-7-13-6-14(9-15)10-16(21)8-13;1-5-16(2,3)15(20)22-11-13(18)21-12-14(19)23-17(4)9-7-6-8-10-17/h13-16H,5-12H2,1-4H3;5-12H2,1-4H3. The molecule has 5 saturated carbocycles. The van der Waals surface area contributed by atoms with Crippen LogP contribution in [0.15, 0.2) is 0 Å². The Morgan fingerprint density at radius 3 is 1.32 bits per heavy atom. The van der Waals surface area contributed by atoms with Crippen molar-refractivity contribution in [1.29, 1.82) is 0 Å². The van der Waals surface area contributed by atoms with Crippen LogP contribution in [0.5, 0.6) is 0 Å². The number of carbonyl (C=O) groups excluding carboxylic acids is 6. The van der Waals surface area contributed by atoms with Crippen LogP contribution >= 0.6 is 0 Å². The van der Waals surface area contributed by atoms with Crippen molar-refractivity contribution < 1.29 is 57.2 Å². The Kier molecular flexibility index (Phi) is 14.3. The molecule has 5 aliphatic rings. The maximum atomic E-state index is 12.3. The highest BCUT2D eigenvalue weighted by molar-refractivity contribution is 5.82. The van der Waals surface area contributed by atoms with Gasteiger partial charge in [0.25, 0.3) is 0 Å². The number of carbonyl (C=O) groups is 6. The van der Waals surface area contributed by atoms with Crippen molar-refractivity contribution in [3.63, 3.8) is 0 Å². The molecular formula is C38H60O12. The zero-order chi connectivity index (χ0) is 37.3. The average molecular weight is 709 g/mol. The summed E-state index contributed by atoms with van der Waals surface area (Å²) >= 11 is 0. The van der Waals surface area contributed by atoms with Gasteiger partial charge in [-0.15, -0.1) is 0 Å². The van der Waals surface area contributed by atoms with Crippen molar-refractivity contribution in [2.24, 2.45) is 34.5 Å². The van der Waals surface area contributed by atoms with Gasteiger partial charge in [-0.25, -0.2) is 19.2 Å². The number of hydrogen-bond donors (Lipinski definition) is 0. The lowest BCUT2D eigenvalue weighted by molar-refractivity contribution is -0.207. The first-order chi connectivity index (χ1) is 23.3. The summed E-state index contributed by atoms with van der Waals surface area (Å²) in [6.07, 6.45) is 12.0. The number of esters is 6. The van der Waals surface area contributed by atoms with Crippen LogP contribution in [0.25, 0.3) is 0 Å². The molecule has 0 amide bonds. The molecule has 0 N–H and O–H groups in total. The third kappa shape index (κ3) is 11.4. The van der Waals surface area contributed by atoms with Crippen molar-refractivity contribution in [1.82, 2.24) is 0 Å². The van der Waals surface area contributed by atoms with Gasteiger partial charge in [0.05, 0.1) is 10.8 Å². The number of hydrogen-bond acceptors (Lipinski definition) is 12. The van der Waals surface area contributed by atoms with Gasteiger partial charge in [0.1, 0.15) is 11.2 Å². The van der Waals surface area contributed by atoms with Crippen molar-refractivity contribution in [3.05, 3.63) is 0 Å². The Balaban J connectivity index is 0.000000275. The summed E-state index contributed by atoms with van der Waals surface area (Å²) in [5, 5.41) is 0. The Bertz CT molecular complexity index is 1200. The molecule has 4 bridgehead atoms. The van der Waals surface area contributed by atoms with Gasteiger partial charge >= 0.3 is 35.8 Å². The fourth-order valence-corrected chi connectivity index (χ4v) is 7.56. The molecule has 0 heterocycles. The van der Waals surface area contributed by atoms with Crippen LogP contribution < -0.4 is 0 Å². The van der Waals surface area contributed by atoms with E-state index in [1.807, 2.05) is 20.8 Å². The van der Waals surface area contributed by atoms with Crippen LogP contribution in [0, 0.1) is 34.5 Å². The zero-order valence-corrected chi connectivity index (χ0v) is 31.5. The highest BCUT2D eigenvalue weighted by atomic mass is 16.6. The SMILES string of the molecule is CCC(C)(C)C(=O)OCC(=O)OCC(=O)OC1(C)C2CC3CC(C2)CC1C3.CCC(C)(C)C(=O)OCC(=O)OCC(=O)OC1(C)CCCCC1. The molecule has 5 fully saturated rings. The quantitative estimate of drug-likeness (QED) is 0.152. The number of ether oxygens (including phenoxy) is 6. The Labute approximate surface area is 297 Å². The predicted molar refractivity (Wildman–Crippen MR) is 181 cm³/mol. The monoisotopic (exact) mass is 708 g/mol. The molecule has 5 aliphatic carbocycles.